The third kappa shape index (κ3) is 3.38. The maximum atomic E-state index is 11.7. The molecule has 1 aliphatic carbocycles. The number of benzene rings is 2. The van der Waals surface area contributed by atoms with E-state index in [0.29, 0.717) is 17.9 Å². The van der Waals surface area contributed by atoms with Crippen LogP contribution in [0.5, 0.6) is 0 Å². The molecule has 3 heteroatoms. The van der Waals surface area contributed by atoms with E-state index in [2.05, 4.69) is 36.2 Å². The second kappa shape index (κ2) is 6.75. The minimum Gasteiger partial charge on any atom is -0.478 e. The molecule has 1 heterocycles. The zero-order valence-electron chi connectivity index (χ0n) is 14.8. The van der Waals surface area contributed by atoms with Gasteiger partial charge in [0, 0.05) is 23.1 Å². The van der Waals surface area contributed by atoms with Gasteiger partial charge in [-0.15, -0.1) is 0 Å². The summed E-state index contributed by atoms with van der Waals surface area (Å²) in [4.78, 5) is 15.1. The fourth-order valence-electron chi connectivity index (χ4n) is 3.53. The first-order valence-electron chi connectivity index (χ1n) is 9.04. The maximum absolute atomic E-state index is 11.7. The van der Waals surface area contributed by atoms with Crippen LogP contribution in [0.15, 0.2) is 60.8 Å². The number of carbonyl (C=O) groups is 1. The average molecular weight is 344 g/mol. The normalized spacial score (nSPS) is 13.6. The Morgan fingerprint density at radius 2 is 1.88 bits per heavy atom. The molecule has 2 aromatic carbocycles. The molecule has 0 spiro atoms. The molecule has 0 saturated heterocycles. The number of aromatic carboxylic acids is 1. The number of aromatic amines is 1. The number of aryl methyl sites for hydroxylation is 1. The van der Waals surface area contributed by atoms with Gasteiger partial charge in [0.2, 0.25) is 5.69 Å². The largest absolute Gasteiger partial charge is 0.478 e. The molecule has 0 radical (unpaired) electrons. The quantitative estimate of drug-likeness (QED) is 0.733. The Morgan fingerprint density at radius 3 is 2.54 bits per heavy atom. The van der Waals surface area contributed by atoms with Crippen LogP contribution in [0, 0.1) is 6.92 Å². The summed E-state index contributed by atoms with van der Waals surface area (Å²) >= 11 is 0. The highest BCUT2D eigenvalue weighted by molar-refractivity contribution is 5.89. The maximum Gasteiger partial charge on any atom is 0.335 e. The Balaban J connectivity index is 1.63. The highest BCUT2D eigenvalue weighted by Gasteiger charge is 2.25. The van der Waals surface area contributed by atoms with E-state index in [1.54, 1.807) is 0 Å². The van der Waals surface area contributed by atoms with Crippen LogP contribution < -0.4 is 4.98 Å². The van der Waals surface area contributed by atoms with Gasteiger partial charge >= 0.3 is 5.97 Å². The summed E-state index contributed by atoms with van der Waals surface area (Å²) in [5, 5.41) is 9.61. The lowest BCUT2D eigenvalue weighted by Gasteiger charge is -2.09. The van der Waals surface area contributed by atoms with Crippen molar-refractivity contribution in [2.75, 3.05) is 0 Å². The van der Waals surface area contributed by atoms with Crippen LogP contribution in [0.3, 0.4) is 0 Å². The van der Waals surface area contributed by atoms with Gasteiger partial charge in [-0.25, -0.2) is 9.78 Å². The second-order valence-corrected chi connectivity index (χ2v) is 7.10. The van der Waals surface area contributed by atoms with Crippen LogP contribution in [-0.4, -0.2) is 11.1 Å². The first-order chi connectivity index (χ1) is 12.6. The molecule has 26 heavy (non-hydrogen) atoms. The van der Waals surface area contributed by atoms with Gasteiger partial charge in [-0.2, -0.15) is 0 Å². The molecule has 0 amide bonds. The van der Waals surface area contributed by atoms with Gasteiger partial charge in [0.15, 0.2) is 6.20 Å². The third-order valence-corrected chi connectivity index (χ3v) is 5.07. The van der Waals surface area contributed by atoms with E-state index in [0.717, 1.165) is 33.5 Å². The van der Waals surface area contributed by atoms with Gasteiger partial charge in [0.25, 0.3) is 0 Å². The van der Waals surface area contributed by atoms with E-state index in [1.165, 1.54) is 12.8 Å². The topological polar surface area (TPSA) is 51.4 Å². The third-order valence-electron chi connectivity index (χ3n) is 5.07. The standard InChI is InChI=1S/C23H21NO2/c1-15-11-16(14-24-22(15)18-5-3-2-4-6-18)12-20-10-9-19(17-7-8-17)13-21(20)23(25)26/h2-6,9-11,13-14,17H,7-8,12H2,1H3,(H,25,26)/p+1. The van der Waals surface area contributed by atoms with Crippen LogP contribution in [0.1, 0.15) is 51.4 Å². The predicted octanol–water partition coefficient (Wildman–Crippen LogP) is 4.64. The van der Waals surface area contributed by atoms with Crippen molar-refractivity contribution in [1.82, 2.24) is 0 Å². The molecule has 0 atom stereocenters. The van der Waals surface area contributed by atoms with Crippen LogP contribution in [0.25, 0.3) is 11.3 Å². The summed E-state index contributed by atoms with van der Waals surface area (Å²) < 4.78 is 0. The lowest BCUT2D eigenvalue weighted by Crippen LogP contribution is -2.11. The number of carboxylic acids is 1. The molecule has 0 bridgehead atoms. The molecule has 1 fully saturated rings. The number of H-pyrrole nitrogens is 1. The number of pyridine rings is 1. The molecule has 130 valence electrons. The van der Waals surface area contributed by atoms with E-state index in [1.807, 2.05) is 36.5 Å². The molecule has 1 saturated carbocycles. The van der Waals surface area contributed by atoms with Crippen molar-refractivity contribution in [3.05, 3.63) is 88.6 Å². The summed E-state index contributed by atoms with van der Waals surface area (Å²) in [5.74, 6) is -0.285. The minimum atomic E-state index is -0.843. The first kappa shape index (κ1) is 16.5. The van der Waals surface area contributed by atoms with E-state index < -0.39 is 5.97 Å². The van der Waals surface area contributed by atoms with Gasteiger partial charge in [-0.3, -0.25) is 0 Å². The zero-order valence-corrected chi connectivity index (χ0v) is 14.8. The Morgan fingerprint density at radius 1 is 1.12 bits per heavy atom. The Hall–Kier alpha value is -2.94. The van der Waals surface area contributed by atoms with Crippen molar-refractivity contribution in [2.45, 2.75) is 32.1 Å². The lowest BCUT2D eigenvalue weighted by atomic mass is 9.96. The molecule has 1 aliphatic rings. The van der Waals surface area contributed by atoms with E-state index in [9.17, 15) is 9.90 Å². The van der Waals surface area contributed by atoms with Crippen molar-refractivity contribution in [3.63, 3.8) is 0 Å². The van der Waals surface area contributed by atoms with Crippen LogP contribution in [-0.2, 0) is 6.42 Å². The number of hydrogen-bond acceptors (Lipinski definition) is 1. The number of carboxylic acid groups (broad SMARTS) is 1. The molecule has 4 rings (SSSR count). The fourth-order valence-corrected chi connectivity index (χ4v) is 3.53. The van der Waals surface area contributed by atoms with Crippen molar-refractivity contribution in [2.24, 2.45) is 0 Å². The molecular formula is C23H22NO2+. The van der Waals surface area contributed by atoms with Crippen molar-refractivity contribution < 1.29 is 14.9 Å². The van der Waals surface area contributed by atoms with Crippen molar-refractivity contribution >= 4 is 5.97 Å². The summed E-state index contributed by atoms with van der Waals surface area (Å²) in [6.45, 7) is 2.08. The molecule has 0 aliphatic heterocycles. The minimum absolute atomic E-state index is 0.430. The summed E-state index contributed by atoms with van der Waals surface area (Å²) in [7, 11) is 0. The van der Waals surface area contributed by atoms with Crippen molar-refractivity contribution in [1.29, 1.82) is 0 Å². The van der Waals surface area contributed by atoms with Gasteiger partial charge in [-0.1, -0.05) is 30.3 Å². The summed E-state index contributed by atoms with van der Waals surface area (Å²) in [6, 6.07) is 18.3. The molecule has 3 nitrogen and oxygen atoms in total. The number of aromatic nitrogens is 1. The molecule has 3 aromatic rings. The monoisotopic (exact) mass is 344 g/mol. The molecule has 1 aromatic heterocycles. The number of hydrogen-bond donors (Lipinski definition) is 1. The second-order valence-electron chi connectivity index (χ2n) is 7.10. The van der Waals surface area contributed by atoms with Crippen LogP contribution in [0.2, 0.25) is 0 Å². The van der Waals surface area contributed by atoms with Crippen LogP contribution >= 0.6 is 0 Å². The zero-order chi connectivity index (χ0) is 18.1. The highest BCUT2D eigenvalue weighted by Crippen LogP contribution is 2.40. The van der Waals surface area contributed by atoms with E-state index >= 15 is 0 Å². The Kier molecular flexibility index (Phi) is 4.29. The SMILES string of the molecule is Cc1cc(Cc2ccc(C3CC3)cc2C(=O)O)c[nH+]c1-c1ccccc1. The average Bonchev–Trinajstić information content (AvgIpc) is 3.48. The molecule has 2 N–H and O–H groups in total. The van der Waals surface area contributed by atoms with E-state index in [-0.39, 0.29) is 0 Å². The molecule has 0 unspecified atom stereocenters. The van der Waals surface area contributed by atoms with Gasteiger partial charge in [0.05, 0.1) is 5.56 Å². The Labute approximate surface area is 153 Å². The number of rotatable bonds is 5. The lowest BCUT2D eigenvalue weighted by molar-refractivity contribution is -0.365. The first-order valence-corrected chi connectivity index (χ1v) is 9.04. The smallest absolute Gasteiger partial charge is 0.335 e. The Bertz CT molecular complexity index is 959. The van der Waals surface area contributed by atoms with Crippen LogP contribution in [0.4, 0.5) is 0 Å². The summed E-state index contributed by atoms with van der Waals surface area (Å²) in [6.07, 6.45) is 4.94. The number of nitrogens with one attached hydrogen (secondary N) is 1. The van der Waals surface area contributed by atoms with E-state index in [4.69, 9.17) is 0 Å². The van der Waals surface area contributed by atoms with Gasteiger partial charge in [0.1, 0.15) is 0 Å². The highest BCUT2D eigenvalue weighted by atomic mass is 16.4. The van der Waals surface area contributed by atoms with Gasteiger partial charge < -0.3 is 5.11 Å². The molecular weight excluding hydrogens is 322 g/mol. The van der Waals surface area contributed by atoms with Crippen molar-refractivity contribution in [3.8, 4) is 11.3 Å². The predicted molar refractivity (Wildman–Crippen MR) is 101 cm³/mol. The van der Waals surface area contributed by atoms with Gasteiger partial charge in [-0.05, 0) is 61.1 Å². The summed E-state index contributed by atoms with van der Waals surface area (Å²) in [5.41, 5.74) is 6.94. The fraction of sp³-hybridized carbons (Fsp3) is 0.217.